The normalized spacial score (nSPS) is 31.5. The van der Waals surface area contributed by atoms with Crippen LogP contribution in [0.25, 0.3) is 0 Å². The first-order valence-corrected chi connectivity index (χ1v) is 16.8. The van der Waals surface area contributed by atoms with Gasteiger partial charge in [0, 0.05) is 12.1 Å². The number of aliphatic hydroxyl groups is 2. The van der Waals surface area contributed by atoms with Crippen LogP contribution in [0.3, 0.4) is 0 Å². The van der Waals surface area contributed by atoms with E-state index in [0.29, 0.717) is 35.8 Å². The molecule has 3 heteroatoms. The van der Waals surface area contributed by atoms with E-state index in [1.807, 2.05) is 0 Å². The summed E-state index contributed by atoms with van der Waals surface area (Å²) < 4.78 is 0. The monoisotopic (exact) mass is 501 g/mol. The van der Waals surface area contributed by atoms with E-state index in [0.717, 1.165) is 12.8 Å². The van der Waals surface area contributed by atoms with Gasteiger partial charge in [-0.05, 0) is 101 Å². The van der Waals surface area contributed by atoms with Gasteiger partial charge >= 0.3 is 0 Å². The molecule has 1 heterocycles. The highest BCUT2D eigenvalue weighted by Gasteiger charge is 2.48. The van der Waals surface area contributed by atoms with Crippen molar-refractivity contribution in [2.24, 2.45) is 23.7 Å². The molecule has 3 nitrogen and oxygen atoms in total. The molecule has 0 aromatic heterocycles. The van der Waals surface area contributed by atoms with Crippen LogP contribution in [0.1, 0.15) is 161 Å². The molecule has 2 unspecified atom stereocenters. The smallest absolute Gasteiger partial charge is 0.0718 e. The van der Waals surface area contributed by atoms with E-state index >= 15 is 0 Å². The Morgan fingerprint density at radius 1 is 0.389 bits per heavy atom. The molecule has 4 saturated carbocycles. The third-order valence-corrected chi connectivity index (χ3v) is 12.0. The van der Waals surface area contributed by atoms with Crippen molar-refractivity contribution >= 4 is 0 Å². The van der Waals surface area contributed by atoms with Gasteiger partial charge in [-0.1, -0.05) is 83.5 Å². The zero-order valence-electron chi connectivity index (χ0n) is 23.5. The first kappa shape index (κ1) is 27.4. The Balaban J connectivity index is 1.28. The molecule has 5 rings (SSSR count). The van der Waals surface area contributed by atoms with Gasteiger partial charge in [0.1, 0.15) is 0 Å². The molecule has 0 bridgehead atoms. The van der Waals surface area contributed by atoms with Crippen LogP contribution in [-0.2, 0) is 0 Å². The summed E-state index contributed by atoms with van der Waals surface area (Å²) in [6.45, 7) is 0. The Labute approximate surface area is 223 Å². The van der Waals surface area contributed by atoms with E-state index in [1.54, 1.807) is 0 Å². The highest BCUT2D eigenvalue weighted by Crippen LogP contribution is 2.48. The van der Waals surface area contributed by atoms with Crippen LogP contribution in [0.4, 0.5) is 0 Å². The second-order valence-corrected chi connectivity index (χ2v) is 14.2. The summed E-state index contributed by atoms with van der Waals surface area (Å²) in [6, 6.07) is 0.860. The van der Waals surface area contributed by atoms with Crippen LogP contribution in [0.2, 0.25) is 0 Å². The zero-order valence-corrected chi connectivity index (χ0v) is 23.5. The van der Waals surface area contributed by atoms with E-state index < -0.39 is 11.2 Å². The fraction of sp³-hybridized carbons (Fsp3) is 1.00. The van der Waals surface area contributed by atoms with Gasteiger partial charge in [0.05, 0.1) is 11.2 Å². The lowest BCUT2D eigenvalue weighted by Gasteiger charge is -2.50. The average molecular weight is 502 g/mol. The highest BCUT2D eigenvalue weighted by atomic mass is 16.3. The first-order chi connectivity index (χ1) is 17.6. The predicted molar refractivity (Wildman–Crippen MR) is 150 cm³/mol. The minimum Gasteiger partial charge on any atom is -0.389 e. The topological polar surface area (TPSA) is 52.5 Å². The lowest BCUT2D eigenvalue weighted by molar-refractivity contribution is -0.114. The van der Waals surface area contributed by atoms with Gasteiger partial charge in [-0.3, -0.25) is 0 Å². The van der Waals surface area contributed by atoms with Crippen molar-refractivity contribution in [3.05, 3.63) is 0 Å². The van der Waals surface area contributed by atoms with Crippen LogP contribution in [0.5, 0.6) is 0 Å². The van der Waals surface area contributed by atoms with Gasteiger partial charge in [-0.25, -0.2) is 0 Å². The number of nitrogens with one attached hydrogen (secondary N) is 1. The van der Waals surface area contributed by atoms with Crippen LogP contribution in [0, 0.1) is 23.7 Å². The SMILES string of the molecule is OC(CC1CCCC(CC(O)(C2CCCCC2)C2CCCCC2)N1)(C1CCCCC1)C1CCCCC1. The minimum atomic E-state index is -0.469. The van der Waals surface area contributed by atoms with Crippen LogP contribution >= 0.6 is 0 Å². The summed E-state index contributed by atoms with van der Waals surface area (Å²) >= 11 is 0. The molecule has 0 radical (unpaired) electrons. The fourth-order valence-electron chi connectivity index (χ4n) is 9.97. The summed E-state index contributed by atoms with van der Waals surface area (Å²) in [7, 11) is 0. The van der Waals surface area contributed by atoms with Crippen molar-refractivity contribution in [2.45, 2.75) is 184 Å². The third-order valence-electron chi connectivity index (χ3n) is 12.0. The molecule has 2 atom stereocenters. The van der Waals surface area contributed by atoms with Gasteiger partial charge in [0.2, 0.25) is 0 Å². The maximum Gasteiger partial charge on any atom is 0.0718 e. The van der Waals surface area contributed by atoms with E-state index in [4.69, 9.17) is 0 Å². The van der Waals surface area contributed by atoms with E-state index in [9.17, 15) is 10.2 Å². The molecule has 1 aliphatic heterocycles. The molecule has 0 spiro atoms. The molecular weight excluding hydrogens is 442 g/mol. The standard InChI is InChI=1S/C33H59NO2/c35-32(26-14-5-1-6-15-26,27-16-7-2-8-17-27)24-30-22-13-23-31(34-30)25-33(36,28-18-9-3-10-19-28)29-20-11-4-12-21-29/h26-31,34-36H,1-25H2. The maximum atomic E-state index is 12.5. The molecule has 5 aliphatic rings. The van der Waals surface area contributed by atoms with Crippen LogP contribution < -0.4 is 5.32 Å². The predicted octanol–water partition coefficient (Wildman–Crippen LogP) is 8.06. The van der Waals surface area contributed by atoms with Gasteiger partial charge in [-0.15, -0.1) is 0 Å². The fourth-order valence-corrected chi connectivity index (χ4v) is 9.97. The molecule has 5 fully saturated rings. The van der Waals surface area contributed by atoms with Crippen LogP contribution in [0.15, 0.2) is 0 Å². The lowest BCUT2D eigenvalue weighted by atomic mass is 9.62. The third kappa shape index (κ3) is 6.36. The molecule has 4 aliphatic carbocycles. The van der Waals surface area contributed by atoms with Crippen molar-refractivity contribution in [3.63, 3.8) is 0 Å². The molecule has 36 heavy (non-hydrogen) atoms. The Bertz CT molecular complexity index is 550. The average Bonchev–Trinajstić information content (AvgIpc) is 2.95. The van der Waals surface area contributed by atoms with Gasteiger partial charge < -0.3 is 15.5 Å². The van der Waals surface area contributed by atoms with Gasteiger partial charge in [0.15, 0.2) is 0 Å². The zero-order chi connectivity index (χ0) is 24.8. The van der Waals surface area contributed by atoms with Crippen molar-refractivity contribution in [1.82, 2.24) is 5.32 Å². The van der Waals surface area contributed by atoms with E-state index in [1.165, 1.54) is 148 Å². The van der Waals surface area contributed by atoms with Crippen molar-refractivity contribution < 1.29 is 10.2 Å². The van der Waals surface area contributed by atoms with Crippen molar-refractivity contribution in [3.8, 4) is 0 Å². The van der Waals surface area contributed by atoms with E-state index in [2.05, 4.69) is 5.32 Å². The van der Waals surface area contributed by atoms with Crippen molar-refractivity contribution in [1.29, 1.82) is 0 Å². The quantitative estimate of drug-likeness (QED) is 0.315. The van der Waals surface area contributed by atoms with Gasteiger partial charge in [0.25, 0.3) is 0 Å². The Kier molecular flexibility index (Phi) is 9.78. The molecule has 0 aromatic rings. The summed E-state index contributed by atoms with van der Waals surface area (Å²) in [4.78, 5) is 0. The largest absolute Gasteiger partial charge is 0.389 e. The molecule has 208 valence electrons. The molecule has 1 saturated heterocycles. The Morgan fingerprint density at radius 3 is 0.944 bits per heavy atom. The number of hydrogen-bond acceptors (Lipinski definition) is 3. The minimum absolute atomic E-state index is 0.430. The number of hydrogen-bond donors (Lipinski definition) is 3. The lowest BCUT2D eigenvalue weighted by Crippen LogP contribution is -2.56. The number of rotatable bonds is 8. The second kappa shape index (κ2) is 12.8. The summed E-state index contributed by atoms with van der Waals surface area (Å²) in [5.41, 5.74) is -0.938. The summed E-state index contributed by atoms with van der Waals surface area (Å²) in [5, 5.41) is 29.0. The summed E-state index contributed by atoms with van der Waals surface area (Å²) in [5.74, 6) is 2.05. The molecule has 0 aromatic carbocycles. The highest BCUT2D eigenvalue weighted by molar-refractivity contribution is 5.02. The van der Waals surface area contributed by atoms with Gasteiger partial charge in [-0.2, -0.15) is 0 Å². The molecule has 0 amide bonds. The second-order valence-electron chi connectivity index (χ2n) is 14.2. The number of piperidine rings is 1. The van der Waals surface area contributed by atoms with E-state index in [-0.39, 0.29) is 0 Å². The first-order valence-electron chi connectivity index (χ1n) is 16.8. The Morgan fingerprint density at radius 2 is 0.667 bits per heavy atom. The summed E-state index contributed by atoms with van der Waals surface area (Å²) in [6.07, 6.45) is 31.5. The maximum absolute atomic E-state index is 12.5. The van der Waals surface area contributed by atoms with Crippen molar-refractivity contribution in [2.75, 3.05) is 0 Å². The molecular formula is C33H59NO2. The van der Waals surface area contributed by atoms with Crippen LogP contribution in [-0.4, -0.2) is 33.5 Å². The Hall–Kier alpha value is -0.120. The molecule has 3 N–H and O–H groups in total.